The summed E-state index contributed by atoms with van der Waals surface area (Å²) in [5.74, 6) is 2.92. The molecule has 3 atom stereocenters. The van der Waals surface area contributed by atoms with Gasteiger partial charge in [0, 0.05) is 19.1 Å². The molecule has 1 aliphatic carbocycles. The van der Waals surface area contributed by atoms with E-state index in [4.69, 9.17) is 4.42 Å². The largest absolute Gasteiger partial charge is 0.467 e. The van der Waals surface area contributed by atoms with Crippen molar-refractivity contribution in [3.63, 3.8) is 0 Å². The second kappa shape index (κ2) is 9.63. The summed E-state index contributed by atoms with van der Waals surface area (Å²) in [5, 5.41) is 12.7. The second-order valence-corrected chi connectivity index (χ2v) is 10.6. The third-order valence-corrected chi connectivity index (χ3v) is 7.47. The Bertz CT molecular complexity index is 1050. The fourth-order valence-electron chi connectivity index (χ4n) is 4.64. The Morgan fingerprint density at radius 2 is 1.88 bits per heavy atom. The Morgan fingerprint density at radius 3 is 2.55 bits per heavy atom. The Morgan fingerprint density at radius 1 is 1.12 bits per heavy atom. The average Bonchev–Trinajstić information content (AvgIpc) is 3.29. The maximum absolute atomic E-state index is 13.2. The van der Waals surface area contributed by atoms with Crippen LogP contribution in [0.4, 0.5) is 5.95 Å². The molecule has 7 nitrogen and oxygen atoms in total. The molecule has 3 unspecified atom stereocenters. The number of nitrogens with zero attached hydrogens (tertiary/aromatic N) is 4. The van der Waals surface area contributed by atoms with Crippen molar-refractivity contribution in [1.29, 1.82) is 0 Å². The van der Waals surface area contributed by atoms with Gasteiger partial charge in [0.1, 0.15) is 11.0 Å². The van der Waals surface area contributed by atoms with Gasteiger partial charge in [-0.1, -0.05) is 55.9 Å². The summed E-state index contributed by atoms with van der Waals surface area (Å²) in [5.41, 5.74) is 0.968. The van der Waals surface area contributed by atoms with E-state index in [1.54, 1.807) is 6.26 Å². The van der Waals surface area contributed by atoms with E-state index in [2.05, 4.69) is 38.8 Å². The number of carbonyl (C=O) groups is 1. The number of amides is 1. The second-order valence-electron chi connectivity index (χ2n) is 9.49. The highest BCUT2D eigenvalue weighted by Crippen LogP contribution is 2.38. The normalized spacial score (nSPS) is 21.7. The SMILES string of the molecule is CC1CC(C)CN(c2nnc(SC(C(=O)NC3CC3)c3ccccc3)n2Cc2ccco2)C1. The van der Waals surface area contributed by atoms with E-state index in [1.165, 1.54) is 18.2 Å². The number of aromatic nitrogens is 3. The van der Waals surface area contributed by atoms with Crippen LogP contribution < -0.4 is 10.2 Å². The molecule has 174 valence electrons. The monoisotopic (exact) mass is 465 g/mol. The summed E-state index contributed by atoms with van der Waals surface area (Å²) in [6.07, 6.45) is 5.03. The predicted molar refractivity (Wildman–Crippen MR) is 129 cm³/mol. The summed E-state index contributed by atoms with van der Waals surface area (Å²) < 4.78 is 7.77. The molecule has 3 heterocycles. The van der Waals surface area contributed by atoms with Gasteiger partial charge in [-0.25, -0.2) is 0 Å². The standard InChI is InChI=1S/C25H31N5O2S/c1-17-13-18(2)15-29(14-17)24-27-28-25(30(24)16-21-9-6-12-32-21)33-22(19-7-4-3-5-8-19)23(31)26-20-10-11-20/h3-9,12,17-18,20,22H,10-11,13-16H2,1-2H3,(H,26,31). The van der Waals surface area contributed by atoms with Gasteiger partial charge in [-0.2, -0.15) is 0 Å². The van der Waals surface area contributed by atoms with Crippen molar-refractivity contribution in [2.45, 2.75) is 56.1 Å². The number of benzene rings is 1. The van der Waals surface area contributed by atoms with Gasteiger partial charge in [0.2, 0.25) is 11.9 Å². The van der Waals surface area contributed by atoms with E-state index < -0.39 is 5.25 Å². The Labute approximate surface area is 198 Å². The lowest BCUT2D eigenvalue weighted by Crippen LogP contribution is -2.40. The molecule has 1 N–H and O–H groups in total. The van der Waals surface area contributed by atoms with Gasteiger partial charge in [0.25, 0.3) is 0 Å². The maximum Gasteiger partial charge on any atom is 0.238 e. The Kier molecular flexibility index (Phi) is 6.44. The van der Waals surface area contributed by atoms with Crippen LogP contribution in [0.2, 0.25) is 0 Å². The lowest BCUT2D eigenvalue weighted by atomic mass is 9.92. The minimum absolute atomic E-state index is 0.0306. The Balaban J connectivity index is 1.47. The number of anilines is 1. The lowest BCUT2D eigenvalue weighted by molar-refractivity contribution is -0.120. The number of piperidine rings is 1. The molecule has 1 aromatic carbocycles. The fourth-order valence-corrected chi connectivity index (χ4v) is 5.68. The molecule has 0 spiro atoms. The third-order valence-electron chi connectivity index (χ3n) is 6.23. The number of rotatable bonds is 8. The molecule has 0 bridgehead atoms. The van der Waals surface area contributed by atoms with E-state index in [0.29, 0.717) is 24.4 Å². The van der Waals surface area contributed by atoms with Crippen molar-refractivity contribution in [1.82, 2.24) is 20.1 Å². The molecule has 3 aromatic rings. The van der Waals surface area contributed by atoms with Gasteiger partial charge < -0.3 is 14.6 Å². The average molecular weight is 466 g/mol. The minimum Gasteiger partial charge on any atom is -0.467 e. The minimum atomic E-state index is -0.390. The van der Waals surface area contributed by atoms with Crippen LogP contribution in [0.15, 0.2) is 58.3 Å². The molecule has 1 saturated heterocycles. The first kappa shape index (κ1) is 22.1. The summed E-state index contributed by atoms with van der Waals surface area (Å²) >= 11 is 1.46. The quantitative estimate of drug-likeness (QED) is 0.493. The van der Waals surface area contributed by atoms with E-state index in [1.807, 2.05) is 42.5 Å². The smallest absolute Gasteiger partial charge is 0.238 e. The number of carbonyl (C=O) groups excluding carboxylic acids is 1. The molecule has 1 amide bonds. The van der Waals surface area contributed by atoms with Gasteiger partial charge in [-0.15, -0.1) is 10.2 Å². The Hall–Kier alpha value is -2.74. The van der Waals surface area contributed by atoms with E-state index in [9.17, 15) is 4.79 Å². The number of thioether (sulfide) groups is 1. The molecule has 8 heteroatoms. The predicted octanol–water partition coefficient (Wildman–Crippen LogP) is 4.51. The summed E-state index contributed by atoms with van der Waals surface area (Å²) in [6, 6.07) is 14.1. The summed E-state index contributed by atoms with van der Waals surface area (Å²) in [6.45, 7) is 7.02. The van der Waals surface area contributed by atoms with E-state index in [-0.39, 0.29) is 5.91 Å². The van der Waals surface area contributed by atoms with Crippen LogP contribution in [0, 0.1) is 11.8 Å². The maximum atomic E-state index is 13.2. The number of hydrogen-bond donors (Lipinski definition) is 1. The van der Waals surface area contributed by atoms with Gasteiger partial charge in [-0.05, 0) is 48.8 Å². The third kappa shape index (κ3) is 5.27. The van der Waals surface area contributed by atoms with Crippen LogP contribution >= 0.6 is 11.8 Å². The molecule has 1 aliphatic heterocycles. The van der Waals surface area contributed by atoms with Crippen LogP contribution in [0.3, 0.4) is 0 Å². The van der Waals surface area contributed by atoms with Crippen LogP contribution in [0.1, 0.15) is 49.7 Å². The van der Waals surface area contributed by atoms with Gasteiger partial charge in [0.05, 0.1) is 12.8 Å². The summed E-state index contributed by atoms with van der Waals surface area (Å²) in [7, 11) is 0. The van der Waals surface area contributed by atoms with Crippen molar-refractivity contribution in [3.8, 4) is 0 Å². The number of nitrogens with one attached hydrogen (secondary N) is 1. The van der Waals surface area contributed by atoms with Crippen LogP contribution in [-0.2, 0) is 11.3 Å². The topological polar surface area (TPSA) is 76.2 Å². The zero-order chi connectivity index (χ0) is 22.8. The highest BCUT2D eigenvalue weighted by atomic mass is 32.2. The highest BCUT2D eigenvalue weighted by molar-refractivity contribution is 8.00. The molecule has 2 fully saturated rings. The van der Waals surface area contributed by atoms with E-state index in [0.717, 1.165) is 48.4 Å². The molecular formula is C25H31N5O2S. The van der Waals surface area contributed by atoms with Crippen molar-refractivity contribution < 1.29 is 9.21 Å². The molecule has 5 rings (SSSR count). The van der Waals surface area contributed by atoms with Crippen molar-refractivity contribution in [2.75, 3.05) is 18.0 Å². The molecule has 2 aromatic heterocycles. The van der Waals surface area contributed by atoms with E-state index >= 15 is 0 Å². The number of hydrogen-bond acceptors (Lipinski definition) is 6. The van der Waals surface area contributed by atoms with Gasteiger partial charge in [-0.3, -0.25) is 9.36 Å². The van der Waals surface area contributed by atoms with Crippen LogP contribution in [0.25, 0.3) is 0 Å². The molecule has 0 radical (unpaired) electrons. The molecule has 1 saturated carbocycles. The van der Waals surface area contributed by atoms with Crippen molar-refractivity contribution in [3.05, 3.63) is 60.1 Å². The zero-order valence-corrected chi connectivity index (χ0v) is 20.0. The molecule has 33 heavy (non-hydrogen) atoms. The first-order valence-electron chi connectivity index (χ1n) is 11.8. The summed E-state index contributed by atoms with van der Waals surface area (Å²) in [4.78, 5) is 15.5. The fraction of sp³-hybridized carbons (Fsp3) is 0.480. The van der Waals surface area contributed by atoms with Crippen molar-refractivity contribution >= 4 is 23.6 Å². The van der Waals surface area contributed by atoms with Gasteiger partial charge >= 0.3 is 0 Å². The zero-order valence-electron chi connectivity index (χ0n) is 19.2. The first-order valence-corrected chi connectivity index (χ1v) is 12.7. The first-order chi connectivity index (χ1) is 16.1. The molecule has 2 aliphatic rings. The molecular weight excluding hydrogens is 434 g/mol. The number of furan rings is 1. The highest BCUT2D eigenvalue weighted by Gasteiger charge is 2.32. The van der Waals surface area contributed by atoms with Crippen LogP contribution in [0.5, 0.6) is 0 Å². The van der Waals surface area contributed by atoms with Gasteiger partial charge in [0.15, 0.2) is 5.16 Å². The van der Waals surface area contributed by atoms with Crippen LogP contribution in [-0.4, -0.2) is 39.8 Å². The van der Waals surface area contributed by atoms with Crippen molar-refractivity contribution in [2.24, 2.45) is 11.8 Å². The lowest BCUT2D eigenvalue weighted by Gasteiger charge is -2.35.